The molecule has 140 valence electrons. The number of hydrogen-bond donors (Lipinski definition) is 2. The Morgan fingerprint density at radius 3 is 2.56 bits per heavy atom. The number of anilines is 2. The van der Waals surface area contributed by atoms with Crippen molar-refractivity contribution in [3.8, 4) is 0 Å². The van der Waals surface area contributed by atoms with Crippen LogP contribution in [0.1, 0.15) is 16.1 Å². The normalized spacial score (nSPS) is 13.9. The van der Waals surface area contributed by atoms with Crippen molar-refractivity contribution >= 4 is 35.1 Å². The molecule has 9 nitrogen and oxygen atoms in total. The molecule has 0 spiro atoms. The van der Waals surface area contributed by atoms with Crippen molar-refractivity contribution in [2.75, 3.05) is 30.8 Å². The highest BCUT2D eigenvalue weighted by Gasteiger charge is 2.34. The van der Waals surface area contributed by atoms with Gasteiger partial charge in [0.15, 0.2) is 5.76 Å². The van der Waals surface area contributed by atoms with Gasteiger partial charge in [0.2, 0.25) is 5.91 Å². The van der Waals surface area contributed by atoms with E-state index in [0.29, 0.717) is 11.4 Å². The fraction of sp³-hybridized carbons (Fsp3) is 0.222. The minimum Gasteiger partial charge on any atom is -0.459 e. The number of carbonyl (C=O) groups excluding carboxylic acids is 4. The molecule has 1 fully saturated rings. The minimum atomic E-state index is -0.498. The number of aryl methyl sites for hydroxylation is 1. The number of amides is 5. The average Bonchev–Trinajstić information content (AvgIpc) is 3.22. The molecule has 0 bridgehead atoms. The molecule has 1 aliphatic heterocycles. The molecular formula is C18H18N4O5. The van der Waals surface area contributed by atoms with Gasteiger partial charge in [-0.25, -0.2) is 4.79 Å². The van der Waals surface area contributed by atoms with Gasteiger partial charge in [-0.3, -0.25) is 19.3 Å². The van der Waals surface area contributed by atoms with Crippen molar-refractivity contribution in [3.63, 3.8) is 0 Å². The molecular weight excluding hydrogens is 352 g/mol. The van der Waals surface area contributed by atoms with Gasteiger partial charge >= 0.3 is 6.03 Å². The molecule has 2 aromatic rings. The topological polar surface area (TPSA) is 112 Å². The molecule has 1 aliphatic rings. The number of urea groups is 1. The molecule has 9 heteroatoms. The third-order valence-electron chi connectivity index (χ3n) is 4.04. The molecule has 0 unspecified atom stereocenters. The van der Waals surface area contributed by atoms with E-state index in [9.17, 15) is 19.2 Å². The maximum absolute atomic E-state index is 12.1. The first-order valence-corrected chi connectivity index (χ1v) is 8.16. The number of furan rings is 1. The number of likely N-dealkylation sites (N-methyl/N-ethyl adjacent to an activating group) is 1. The first-order valence-electron chi connectivity index (χ1n) is 8.16. The van der Waals surface area contributed by atoms with Gasteiger partial charge in [-0.2, -0.15) is 0 Å². The molecule has 1 saturated heterocycles. The number of nitrogens with zero attached hydrogens (tertiary/aromatic N) is 2. The van der Waals surface area contributed by atoms with Gasteiger partial charge in [-0.1, -0.05) is 0 Å². The quantitative estimate of drug-likeness (QED) is 0.778. The van der Waals surface area contributed by atoms with Crippen LogP contribution in [0.3, 0.4) is 0 Å². The lowest BCUT2D eigenvalue weighted by Gasteiger charge is -2.14. The van der Waals surface area contributed by atoms with Gasteiger partial charge in [0, 0.05) is 18.4 Å². The Labute approximate surface area is 154 Å². The summed E-state index contributed by atoms with van der Waals surface area (Å²) in [6, 6.07) is 7.61. The maximum atomic E-state index is 12.1. The van der Waals surface area contributed by atoms with Crippen molar-refractivity contribution in [2.24, 2.45) is 0 Å². The SMILES string of the molecule is Cc1cc(NC(=O)CN2C(=O)CN(C)C2=O)ccc1NC(=O)c1ccco1. The van der Waals surface area contributed by atoms with Crippen LogP contribution in [-0.2, 0) is 9.59 Å². The summed E-state index contributed by atoms with van der Waals surface area (Å²) in [5.41, 5.74) is 1.78. The molecule has 5 amide bonds. The Morgan fingerprint density at radius 2 is 1.96 bits per heavy atom. The van der Waals surface area contributed by atoms with E-state index in [1.54, 1.807) is 37.3 Å². The minimum absolute atomic E-state index is 0.0325. The van der Waals surface area contributed by atoms with Crippen molar-refractivity contribution in [1.29, 1.82) is 0 Å². The lowest BCUT2D eigenvalue weighted by atomic mass is 10.1. The molecule has 2 N–H and O–H groups in total. The number of nitrogens with one attached hydrogen (secondary N) is 2. The van der Waals surface area contributed by atoms with Crippen LogP contribution < -0.4 is 10.6 Å². The van der Waals surface area contributed by atoms with Crippen molar-refractivity contribution in [1.82, 2.24) is 9.80 Å². The summed E-state index contributed by atoms with van der Waals surface area (Å²) in [6.07, 6.45) is 1.41. The molecule has 0 radical (unpaired) electrons. The van der Waals surface area contributed by atoms with Gasteiger partial charge in [0.1, 0.15) is 13.1 Å². The van der Waals surface area contributed by atoms with Crippen LogP contribution >= 0.6 is 0 Å². The summed E-state index contributed by atoms with van der Waals surface area (Å²) in [5, 5.41) is 5.36. The van der Waals surface area contributed by atoms with Gasteiger partial charge in [-0.05, 0) is 42.8 Å². The maximum Gasteiger partial charge on any atom is 0.327 e. The molecule has 0 atom stereocenters. The molecule has 0 aliphatic carbocycles. The highest BCUT2D eigenvalue weighted by molar-refractivity contribution is 6.06. The second-order valence-electron chi connectivity index (χ2n) is 6.13. The molecule has 3 rings (SSSR count). The summed E-state index contributed by atoms with van der Waals surface area (Å²) in [6.45, 7) is 1.39. The summed E-state index contributed by atoms with van der Waals surface area (Å²) in [5.74, 6) is -1.09. The van der Waals surface area contributed by atoms with Crippen LogP contribution in [0.2, 0.25) is 0 Å². The van der Waals surface area contributed by atoms with E-state index in [2.05, 4.69) is 10.6 Å². The first-order chi connectivity index (χ1) is 12.8. The lowest BCUT2D eigenvalue weighted by molar-refractivity contribution is -0.129. The zero-order valence-corrected chi connectivity index (χ0v) is 14.8. The Morgan fingerprint density at radius 1 is 1.19 bits per heavy atom. The predicted molar refractivity (Wildman–Crippen MR) is 96.2 cm³/mol. The summed E-state index contributed by atoms with van der Waals surface area (Å²) in [4.78, 5) is 49.8. The van der Waals surface area contributed by atoms with E-state index >= 15 is 0 Å². The highest BCUT2D eigenvalue weighted by Crippen LogP contribution is 2.21. The van der Waals surface area contributed by atoms with Crippen LogP contribution in [0.25, 0.3) is 0 Å². The third kappa shape index (κ3) is 3.97. The van der Waals surface area contributed by atoms with Crippen molar-refractivity contribution < 1.29 is 23.6 Å². The fourth-order valence-electron chi connectivity index (χ4n) is 2.64. The Kier molecular flexibility index (Phi) is 4.93. The van der Waals surface area contributed by atoms with E-state index in [1.807, 2.05) is 0 Å². The van der Waals surface area contributed by atoms with E-state index in [4.69, 9.17) is 4.42 Å². The zero-order chi connectivity index (χ0) is 19.6. The Balaban J connectivity index is 1.62. The molecule has 0 saturated carbocycles. The summed E-state index contributed by atoms with van der Waals surface area (Å²) >= 11 is 0. The zero-order valence-electron chi connectivity index (χ0n) is 14.8. The summed E-state index contributed by atoms with van der Waals surface area (Å²) in [7, 11) is 1.50. The average molecular weight is 370 g/mol. The smallest absolute Gasteiger partial charge is 0.327 e. The Bertz CT molecular complexity index is 906. The first kappa shape index (κ1) is 18.2. The van der Waals surface area contributed by atoms with Crippen molar-refractivity contribution in [2.45, 2.75) is 6.92 Å². The third-order valence-corrected chi connectivity index (χ3v) is 4.04. The Hall–Kier alpha value is -3.62. The monoisotopic (exact) mass is 370 g/mol. The van der Waals surface area contributed by atoms with E-state index in [0.717, 1.165) is 10.5 Å². The number of hydrogen-bond acceptors (Lipinski definition) is 5. The van der Waals surface area contributed by atoms with Crippen LogP contribution in [-0.4, -0.2) is 53.7 Å². The molecule has 2 heterocycles. The summed E-state index contributed by atoms with van der Waals surface area (Å²) < 4.78 is 5.04. The highest BCUT2D eigenvalue weighted by atomic mass is 16.3. The fourth-order valence-corrected chi connectivity index (χ4v) is 2.64. The van der Waals surface area contributed by atoms with E-state index < -0.39 is 17.8 Å². The standard InChI is InChI=1S/C18H18N4O5/c1-11-8-12(5-6-13(11)20-17(25)14-4-3-7-27-14)19-15(23)9-22-16(24)10-21(2)18(22)26/h3-8H,9-10H2,1-2H3,(H,19,23)(H,20,25). The van der Waals surface area contributed by atoms with Gasteiger partial charge < -0.3 is 20.0 Å². The largest absolute Gasteiger partial charge is 0.459 e. The number of benzene rings is 1. The van der Waals surface area contributed by atoms with Crippen LogP contribution in [0.4, 0.5) is 16.2 Å². The molecule has 1 aromatic carbocycles. The van der Waals surface area contributed by atoms with Crippen molar-refractivity contribution in [3.05, 3.63) is 47.9 Å². The number of rotatable bonds is 5. The van der Waals surface area contributed by atoms with Crippen LogP contribution in [0, 0.1) is 6.92 Å². The van der Waals surface area contributed by atoms with E-state index in [-0.39, 0.29) is 24.8 Å². The van der Waals surface area contributed by atoms with Gasteiger partial charge in [0.25, 0.3) is 11.8 Å². The molecule has 1 aromatic heterocycles. The lowest BCUT2D eigenvalue weighted by Crippen LogP contribution is -2.38. The number of imide groups is 1. The second kappa shape index (κ2) is 7.32. The van der Waals surface area contributed by atoms with Crippen LogP contribution in [0.5, 0.6) is 0 Å². The number of carbonyl (C=O) groups is 4. The molecule has 27 heavy (non-hydrogen) atoms. The van der Waals surface area contributed by atoms with Crippen LogP contribution in [0.15, 0.2) is 41.0 Å². The predicted octanol–water partition coefficient (Wildman–Crippen LogP) is 1.67. The van der Waals surface area contributed by atoms with E-state index in [1.165, 1.54) is 18.2 Å². The van der Waals surface area contributed by atoms with Gasteiger partial charge in [0.05, 0.1) is 6.26 Å². The second-order valence-corrected chi connectivity index (χ2v) is 6.13. The van der Waals surface area contributed by atoms with Gasteiger partial charge in [-0.15, -0.1) is 0 Å².